The van der Waals surface area contributed by atoms with Gasteiger partial charge in [0.2, 0.25) is 11.8 Å². The summed E-state index contributed by atoms with van der Waals surface area (Å²) in [5, 5.41) is 5.58. The number of benzene rings is 1. The monoisotopic (exact) mass is 335 g/mol. The minimum Gasteiger partial charge on any atom is -0.385 e. The van der Waals surface area contributed by atoms with Gasteiger partial charge in [0, 0.05) is 32.0 Å². The summed E-state index contributed by atoms with van der Waals surface area (Å²) in [6.45, 7) is 6.46. The second-order valence-electron chi connectivity index (χ2n) is 5.73. The molecule has 0 aliphatic rings. The first-order valence-electron chi connectivity index (χ1n) is 8.44. The van der Waals surface area contributed by atoms with Crippen molar-refractivity contribution in [3.63, 3.8) is 0 Å². The molecule has 0 aliphatic carbocycles. The van der Waals surface area contributed by atoms with Crippen LogP contribution in [0, 0.1) is 0 Å². The number of rotatable bonds is 11. The SMILES string of the molecule is CCN(CCCCCOC)CC(=O)Nc1ccc(NC(C)=O)cc1. The molecule has 1 rings (SSSR count). The van der Waals surface area contributed by atoms with Gasteiger partial charge in [0.15, 0.2) is 0 Å². The Hall–Kier alpha value is -1.92. The number of unbranched alkanes of at least 4 members (excludes halogenated alkanes) is 2. The molecule has 0 spiro atoms. The molecule has 24 heavy (non-hydrogen) atoms. The zero-order valence-electron chi connectivity index (χ0n) is 14.9. The molecule has 0 unspecified atom stereocenters. The van der Waals surface area contributed by atoms with Gasteiger partial charge in [-0.25, -0.2) is 0 Å². The summed E-state index contributed by atoms with van der Waals surface area (Å²) in [6, 6.07) is 7.10. The molecule has 0 radical (unpaired) electrons. The number of methoxy groups -OCH3 is 1. The average Bonchev–Trinajstić information content (AvgIpc) is 2.55. The third-order valence-corrected chi connectivity index (χ3v) is 3.63. The molecule has 0 heterocycles. The lowest BCUT2D eigenvalue weighted by Gasteiger charge is -2.19. The van der Waals surface area contributed by atoms with E-state index in [0.717, 1.165) is 44.6 Å². The molecule has 0 saturated heterocycles. The third kappa shape index (κ3) is 8.64. The van der Waals surface area contributed by atoms with E-state index in [-0.39, 0.29) is 11.8 Å². The van der Waals surface area contributed by atoms with E-state index in [1.165, 1.54) is 6.92 Å². The summed E-state index contributed by atoms with van der Waals surface area (Å²) in [5.41, 5.74) is 1.44. The number of nitrogens with zero attached hydrogens (tertiary/aromatic N) is 1. The van der Waals surface area contributed by atoms with Crippen LogP contribution in [0.1, 0.15) is 33.1 Å². The number of anilines is 2. The predicted molar refractivity (Wildman–Crippen MR) is 97.2 cm³/mol. The van der Waals surface area contributed by atoms with E-state index < -0.39 is 0 Å². The van der Waals surface area contributed by atoms with Crippen molar-refractivity contribution in [2.75, 3.05) is 44.0 Å². The minimum absolute atomic E-state index is 0.0268. The normalized spacial score (nSPS) is 10.7. The quantitative estimate of drug-likeness (QED) is 0.610. The van der Waals surface area contributed by atoms with Crippen molar-refractivity contribution in [3.8, 4) is 0 Å². The minimum atomic E-state index is -0.115. The summed E-state index contributed by atoms with van der Waals surface area (Å²) in [5.74, 6) is -0.142. The number of nitrogens with one attached hydrogen (secondary N) is 2. The lowest BCUT2D eigenvalue weighted by atomic mass is 10.2. The fourth-order valence-corrected chi connectivity index (χ4v) is 2.35. The van der Waals surface area contributed by atoms with Gasteiger partial charge in [-0.05, 0) is 56.6 Å². The van der Waals surface area contributed by atoms with Crippen LogP contribution in [-0.2, 0) is 14.3 Å². The van der Waals surface area contributed by atoms with E-state index in [1.54, 1.807) is 31.4 Å². The Morgan fingerprint density at radius 1 is 1.04 bits per heavy atom. The highest BCUT2D eigenvalue weighted by Crippen LogP contribution is 2.13. The lowest BCUT2D eigenvalue weighted by Crippen LogP contribution is -2.33. The number of hydrogen-bond acceptors (Lipinski definition) is 4. The Labute approximate surface area is 144 Å². The van der Waals surface area contributed by atoms with Gasteiger partial charge in [-0.15, -0.1) is 0 Å². The van der Waals surface area contributed by atoms with Crippen molar-refractivity contribution in [2.45, 2.75) is 33.1 Å². The van der Waals surface area contributed by atoms with Gasteiger partial charge in [-0.3, -0.25) is 14.5 Å². The molecular weight excluding hydrogens is 306 g/mol. The van der Waals surface area contributed by atoms with Crippen molar-refractivity contribution < 1.29 is 14.3 Å². The van der Waals surface area contributed by atoms with Crippen LogP contribution in [0.15, 0.2) is 24.3 Å². The topological polar surface area (TPSA) is 70.7 Å². The zero-order valence-corrected chi connectivity index (χ0v) is 14.9. The molecule has 1 aromatic carbocycles. The molecule has 1 aromatic rings. The first-order chi connectivity index (χ1) is 11.5. The molecule has 0 aromatic heterocycles. The van der Waals surface area contributed by atoms with Gasteiger partial charge in [-0.1, -0.05) is 6.92 Å². The summed E-state index contributed by atoms with van der Waals surface area (Å²) in [6.07, 6.45) is 3.23. The van der Waals surface area contributed by atoms with Crippen molar-refractivity contribution in [1.82, 2.24) is 4.90 Å². The molecule has 0 bridgehead atoms. The molecule has 2 N–H and O–H groups in total. The van der Waals surface area contributed by atoms with Gasteiger partial charge in [-0.2, -0.15) is 0 Å². The Kier molecular flexibility index (Phi) is 9.72. The van der Waals surface area contributed by atoms with Gasteiger partial charge >= 0.3 is 0 Å². The highest BCUT2D eigenvalue weighted by Gasteiger charge is 2.09. The van der Waals surface area contributed by atoms with E-state index in [1.807, 2.05) is 0 Å². The molecular formula is C18H29N3O3. The Morgan fingerprint density at radius 3 is 2.21 bits per heavy atom. The Bertz CT molecular complexity index is 503. The molecule has 2 amide bonds. The number of likely N-dealkylation sites (N-methyl/N-ethyl adjacent to an activating group) is 1. The van der Waals surface area contributed by atoms with Crippen molar-refractivity contribution in [2.24, 2.45) is 0 Å². The number of ether oxygens (including phenoxy) is 1. The molecule has 134 valence electrons. The fraction of sp³-hybridized carbons (Fsp3) is 0.556. The molecule has 6 heteroatoms. The fourth-order valence-electron chi connectivity index (χ4n) is 2.35. The van der Waals surface area contributed by atoms with Crippen LogP contribution in [0.4, 0.5) is 11.4 Å². The number of amides is 2. The van der Waals surface area contributed by atoms with Crippen molar-refractivity contribution in [3.05, 3.63) is 24.3 Å². The van der Waals surface area contributed by atoms with Crippen LogP contribution in [0.5, 0.6) is 0 Å². The van der Waals surface area contributed by atoms with Gasteiger partial charge in [0.05, 0.1) is 6.54 Å². The van der Waals surface area contributed by atoms with Gasteiger partial charge in [0.1, 0.15) is 0 Å². The third-order valence-electron chi connectivity index (χ3n) is 3.63. The molecule has 0 fully saturated rings. The summed E-state index contributed by atoms with van der Waals surface area (Å²) in [4.78, 5) is 25.3. The van der Waals surface area contributed by atoms with Crippen LogP contribution >= 0.6 is 0 Å². The van der Waals surface area contributed by atoms with Gasteiger partial charge in [0.25, 0.3) is 0 Å². The first-order valence-corrected chi connectivity index (χ1v) is 8.44. The van der Waals surface area contributed by atoms with E-state index in [9.17, 15) is 9.59 Å². The van der Waals surface area contributed by atoms with Crippen molar-refractivity contribution in [1.29, 1.82) is 0 Å². The van der Waals surface area contributed by atoms with Crippen LogP contribution in [0.3, 0.4) is 0 Å². The van der Waals surface area contributed by atoms with Gasteiger partial charge < -0.3 is 15.4 Å². The van der Waals surface area contributed by atoms with E-state index in [2.05, 4.69) is 22.5 Å². The van der Waals surface area contributed by atoms with Crippen LogP contribution in [0.25, 0.3) is 0 Å². The average molecular weight is 335 g/mol. The van der Waals surface area contributed by atoms with E-state index in [4.69, 9.17) is 4.74 Å². The highest BCUT2D eigenvalue weighted by atomic mass is 16.5. The second kappa shape index (κ2) is 11.6. The summed E-state index contributed by atoms with van der Waals surface area (Å²) >= 11 is 0. The molecule has 0 aliphatic heterocycles. The second-order valence-corrected chi connectivity index (χ2v) is 5.73. The summed E-state index contributed by atoms with van der Waals surface area (Å²) < 4.78 is 5.03. The van der Waals surface area contributed by atoms with E-state index >= 15 is 0 Å². The maximum atomic E-state index is 12.1. The zero-order chi connectivity index (χ0) is 17.8. The lowest BCUT2D eigenvalue weighted by molar-refractivity contribution is -0.117. The Morgan fingerprint density at radius 2 is 1.67 bits per heavy atom. The highest BCUT2D eigenvalue weighted by molar-refractivity contribution is 5.93. The Balaban J connectivity index is 2.36. The molecule has 0 atom stereocenters. The largest absolute Gasteiger partial charge is 0.385 e. The van der Waals surface area contributed by atoms with Crippen molar-refractivity contribution >= 4 is 23.2 Å². The summed E-state index contributed by atoms with van der Waals surface area (Å²) in [7, 11) is 1.71. The smallest absolute Gasteiger partial charge is 0.238 e. The standard InChI is InChI=1S/C18H29N3O3/c1-4-21(12-6-5-7-13-24-3)14-18(23)20-17-10-8-16(9-11-17)19-15(2)22/h8-11H,4-7,12-14H2,1-3H3,(H,19,22)(H,20,23). The molecule has 6 nitrogen and oxygen atoms in total. The van der Waals surface area contributed by atoms with Crippen LogP contribution in [-0.4, -0.2) is 50.1 Å². The first kappa shape index (κ1) is 20.1. The van der Waals surface area contributed by atoms with Crippen LogP contribution < -0.4 is 10.6 Å². The number of carbonyl (C=O) groups is 2. The predicted octanol–water partition coefficient (Wildman–Crippen LogP) is 2.72. The number of hydrogen-bond donors (Lipinski definition) is 2. The maximum absolute atomic E-state index is 12.1. The molecule has 0 saturated carbocycles. The van der Waals surface area contributed by atoms with Crippen LogP contribution in [0.2, 0.25) is 0 Å². The number of carbonyl (C=O) groups excluding carboxylic acids is 2. The maximum Gasteiger partial charge on any atom is 0.238 e. The van der Waals surface area contributed by atoms with E-state index in [0.29, 0.717) is 12.2 Å².